The summed E-state index contributed by atoms with van der Waals surface area (Å²) in [5.41, 5.74) is 6.11. The molecule has 13 nitrogen and oxygen atoms in total. The summed E-state index contributed by atoms with van der Waals surface area (Å²) in [7, 11) is 1.56. The molecule has 0 saturated heterocycles. The van der Waals surface area contributed by atoms with Crippen LogP contribution in [0.3, 0.4) is 0 Å². The number of rotatable bonds is 19. The van der Waals surface area contributed by atoms with Crippen LogP contribution in [0.25, 0.3) is 0 Å². The number of ether oxygens (including phenoxy) is 3. The van der Waals surface area contributed by atoms with E-state index in [1.54, 1.807) is 14.0 Å². The molecule has 0 aliphatic carbocycles. The lowest BCUT2D eigenvalue weighted by Crippen LogP contribution is -2.36. The number of carbonyl (C=O) groups is 4. The number of amides is 3. The van der Waals surface area contributed by atoms with Gasteiger partial charge >= 0.3 is 0 Å². The Morgan fingerprint density at radius 2 is 1.49 bits per heavy atom. The molecule has 0 rings (SSSR count). The molecule has 0 aliphatic rings. The average Bonchev–Trinajstić information content (AvgIpc) is 2.95. The van der Waals surface area contributed by atoms with Gasteiger partial charge in [0.05, 0.1) is 58.4 Å². The standard InChI is InChI=1S/C12H23NO5.C9H19N3O2.C3H8.C2H5NO.C2H6/c1-3-11(2)12(16)13(10-15)4-6-17-8-9-18-7-5-14;1-3-4-14-7-9(10)6-12(11)5-8(2)13;1-3-2;1-3-2-4;1-2/h10-11,14H,3-9H2,1-2H3;6H,3-5,7,10-11H2,1-2H3;3H2,1-2H3;2H,1H3,(H,3,4);1-2H3/b;9-6-;;;. The fraction of sp³-hybridized carbons (Fsp3) is 0.786. The van der Waals surface area contributed by atoms with Crippen LogP contribution in [0.4, 0.5) is 0 Å². The highest BCUT2D eigenvalue weighted by Gasteiger charge is 2.17. The van der Waals surface area contributed by atoms with Crippen molar-refractivity contribution in [1.29, 1.82) is 0 Å². The van der Waals surface area contributed by atoms with Crippen molar-refractivity contribution in [2.45, 2.75) is 74.7 Å². The van der Waals surface area contributed by atoms with Gasteiger partial charge in [0.15, 0.2) is 5.78 Å². The van der Waals surface area contributed by atoms with Crippen LogP contribution in [-0.4, -0.2) is 106 Å². The number of hydrazine groups is 1. The van der Waals surface area contributed by atoms with Gasteiger partial charge in [0, 0.05) is 25.8 Å². The maximum Gasteiger partial charge on any atom is 0.231 e. The third kappa shape index (κ3) is 44.7. The molecule has 13 heteroatoms. The highest BCUT2D eigenvalue weighted by Crippen LogP contribution is 2.04. The molecule has 41 heavy (non-hydrogen) atoms. The van der Waals surface area contributed by atoms with Crippen LogP contribution < -0.4 is 16.9 Å². The number of nitrogens with zero attached hydrogens (tertiary/aromatic N) is 2. The fourth-order valence-electron chi connectivity index (χ4n) is 2.11. The van der Waals surface area contributed by atoms with Gasteiger partial charge in [-0.1, -0.05) is 54.9 Å². The Morgan fingerprint density at radius 1 is 0.976 bits per heavy atom. The van der Waals surface area contributed by atoms with Crippen LogP contribution in [0, 0.1) is 5.92 Å². The van der Waals surface area contributed by atoms with E-state index in [9.17, 15) is 14.4 Å². The van der Waals surface area contributed by atoms with E-state index in [1.165, 1.54) is 24.6 Å². The van der Waals surface area contributed by atoms with Crippen molar-refractivity contribution in [3.05, 3.63) is 11.9 Å². The van der Waals surface area contributed by atoms with E-state index in [-0.39, 0.29) is 43.9 Å². The molecule has 0 fully saturated rings. The molecular formula is C28H61N5O8. The topological polar surface area (TPSA) is 187 Å². The first-order valence-electron chi connectivity index (χ1n) is 14.2. The van der Waals surface area contributed by atoms with Crippen molar-refractivity contribution < 1.29 is 38.5 Å². The zero-order chi connectivity index (χ0) is 32.9. The minimum atomic E-state index is -0.173. The van der Waals surface area contributed by atoms with Gasteiger partial charge in [-0.15, -0.1) is 0 Å². The molecule has 0 aliphatic heterocycles. The highest BCUT2D eigenvalue weighted by atomic mass is 16.5. The van der Waals surface area contributed by atoms with Crippen LogP contribution >= 0.6 is 0 Å². The van der Waals surface area contributed by atoms with Crippen LogP contribution in [0.15, 0.2) is 11.9 Å². The van der Waals surface area contributed by atoms with Gasteiger partial charge in [-0.2, -0.15) is 0 Å². The first-order valence-corrected chi connectivity index (χ1v) is 14.2. The smallest absolute Gasteiger partial charge is 0.231 e. The molecule has 1 unspecified atom stereocenters. The van der Waals surface area contributed by atoms with Crippen LogP contribution in [0.2, 0.25) is 0 Å². The quantitative estimate of drug-likeness (QED) is 0.0738. The molecule has 6 N–H and O–H groups in total. The van der Waals surface area contributed by atoms with Crippen LogP contribution in [-0.2, 0) is 33.4 Å². The van der Waals surface area contributed by atoms with E-state index < -0.39 is 0 Å². The van der Waals surface area contributed by atoms with Gasteiger partial charge in [0.2, 0.25) is 18.7 Å². The van der Waals surface area contributed by atoms with Crippen molar-refractivity contribution in [1.82, 2.24) is 15.2 Å². The van der Waals surface area contributed by atoms with Gasteiger partial charge in [-0.05, 0) is 19.8 Å². The van der Waals surface area contributed by atoms with Crippen molar-refractivity contribution in [2.75, 3.05) is 66.4 Å². The Balaban J connectivity index is -0.000000166. The van der Waals surface area contributed by atoms with Gasteiger partial charge in [0.1, 0.15) is 0 Å². The second kappa shape index (κ2) is 41.9. The molecule has 3 amide bonds. The summed E-state index contributed by atoms with van der Waals surface area (Å²) in [5, 5.41) is 12.0. The lowest BCUT2D eigenvalue weighted by atomic mass is 10.1. The van der Waals surface area contributed by atoms with Gasteiger partial charge in [0.25, 0.3) is 0 Å². The van der Waals surface area contributed by atoms with Gasteiger partial charge in [-0.3, -0.25) is 24.1 Å². The Hall–Kier alpha value is -2.58. The van der Waals surface area contributed by atoms with Gasteiger partial charge < -0.3 is 35.4 Å². The number of Topliss-reactive ketones (excluding diaryl/α,β-unsaturated/α-hetero) is 1. The summed E-state index contributed by atoms with van der Waals surface area (Å²) in [5.74, 6) is 5.15. The molecule has 0 aromatic heterocycles. The molecule has 0 aromatic carbocycles. The second-order valence-electron chi connectivity index (χ2n) is 8.14. The second-order valence-corrected chi connectivity index (χ2v) is 8.14. The van der Waals surface area contributed by atoms with E-state index in [0.717, 1.165) is 11.3 Å². The molecule has 1 atom stereocenters. The summed E-state index contributed by atoms with van der Waals surface area (Å²) in [4.78, 5) is 43.3. The van der Waals surface area contributed by atoms with E-state index in [1.807, 2.05) is 27.7 Å². The molecule has 0 aromatic rings. The Morgan fingerprint density at radius 3 is 1.88 bits per heavy atom. The number of ketones is 1. The predicted octanol–water partition coefficient (Wildman–Crippen LogP) is 1.83. The first kappa shape index (κ1) is 48.2. The van der Waals surface area contributed by atoms with E-state index in [0.29, 0.717) is 58.0 Å². The Bertz CT molecular complexity index is 610. The number of nitrogens with two attached hydrogens (primary N) is 2. The number of imide groups is 1. The minimum Gasteiger partial charge on any atom is -0.399 e. The average molecular weight is 596 g/mol. The normalized spacial score (nSPS) is 10.4. The van der Waals surface area contributed by atoms with Gasteiger partial charge in [-0.25, -0.2) is 5.84 Å². The van der Waals surface area contributed by atoms with Crippen molar-refractivity contribution in [2.24, 2.45) is 17.5 Å². The summed E-state index contributed by atoms with van der Waals surface area (Å²) in [6.45, 7) is 18.2. The largest absolute Gasteiger partial charge is 0.399 e. The highest BCUT2D eigenvalue weighted by molar-refractivity contribution is 5.87. The summed E-state index contributed by atoms with van der Waals surface area (Å²) in [6.07, 6.45) is 5.59. The SMILES string of the molecule is CC.CCC.CCC(C)C(=O)N(C=O)CCOCCOCCO.CCCOC/C(N)=C/N(N)CC(C)=O.CNC=O. The molecular weight excluding hydrogens is 534 g/mol. The molecule has 246 valence electrons. The number of aliphatic hydroxyl groups excluding tert-OH is 1. The monoisotopic (exact) mass is 595 g/mol. The summed E-state index contributed by atoms with van der Waals surface area (Å²) < 4.78 is 15.4. The maximum absolute atomic E-state index is 11.7. The van der Waals surface area contributed by atoms with E-state index >= 15 is 0 Å². The molecule has 0 saturated carbocycles. The molecule has 0 radical (unpaired) electrons. The molecule has 0 spiro atoms. The van der Waals surface area contributed by atoms with Crippen molar-refractivity contribution in [3.8, 4) is 0 Å². The summed E-state index contributed by atoms with van der Waals surface area (Å²) in [6, 6.07) is 0. The zero-order valence-electron chi connectivity index (χ0n) is 27.1. The van der Waals surface area contributed by atoms with Crippen molar-refractivity contribution in [3.63, 3.8) is 0 Å². The number of nitrogens with one attached hydrogen (secondary N) is 1. The fourth-order valence-corrected chi connectivity index (χ4v) is 2.11. The predicted molar refractivity (Wildman–Crippen MR) is 163 cm³/mol. The Kier molecular flexibility index (Phi) is 49.2. The number of aliphatic hydroxyl groups is 1. The maximum atomic E-state index is 11.7. The zero-order valence-corrected chi connectivity index (χ0v) is 27.1. The summed E-state index contributed by atoms with van der Waals surface area (Å²) >= 11 is 0. The van der Waals surface area contributed by atoms with E-state index in [4.69, 9.17) is 35.7 Å². The number of hydrogen-bond donors (Lipinski definition) is 4. The van der Waals surface area contributed by atoms with Crippen LogP contribution in [0.1, 0.15) is 74.7 Å². The number of hydrogen-bond acceptors (Lipinski definition) is 11. The van der Waals surface area contributed by atoms with Crippen LogP contribution in [0.5, 0.6) is 0 Å². The lowest BCUT2D eigenvalue weighted by Gasteiger charge is -2.18. The third-order valence-corrected chi connectivity index (χ3v) is 4.00. The molecule has 0 heterocycles. The third-order valence-electron chi connectivity index (χ3n) is 4.00. The Labute approximate surface area is 248 Å². The molecule has 0 bridgehead atoms. The number of carbonyl (C=O) groups excluding carboxylic acids is 4. The lowest BCUT2D eigenvalue weighted by molar-refractivity contribution is -0.142. The van der Waals surface area contributed by atoms with E-state index in [2.05, 4.69) is 19.2 Å². The minimum absolute atomic E-state index is 0.00831. The van der Waals surface area contributed by atoms with Crippen molar-refractivity contribution >= 4 is 24.5 Å². The first-order chi connectivity index (χ1) is 19.6.